The summed E-state index contributed by atoms with van der Waals surface area (Å²) in [6, 6.07) is -0.479. The Balaban J connectivity index is 2.31. The van der Waals surface area contributed by atoms with Gasteiger partial charge in [0.2, 0.25) is 5.60 Å². The van der Waals surface area contributed by atoms with E-state index in [2.05, 4.69) is 4.98 Å². The van der Waals surface area contributed by atoms with Crippen LogP contribution in [0.25, 0.3) is 0 Å². The van der Waals surface area contributed by atoms with Crippen LogP contribution < -0.4 is 0 Å². The van der Waals surface area contributed by atoms with Gasteiger partial charge in [0, 0.05) is 6.54 Å². The monoisotopic (exact) mass is 349 g/mol. The first-order chi connectivity index (χ1) is 10.7. The first-order valence-corrected chi connectivity index (χ1v) is 7.57. The second kappa shape index (κ2) is 5.65. The number of imidazole rings is 1. The summed E-state index contributed by atoms with van der Waals surface area (Å²) in [6.45, 7) is 7.79. The molecule has 0 aromatic carbocycles. The molecule has 0 aliphatic carbocycles. The van der Waals surface area contributed by atoms with Crippen LogP contribution in [0.15, 0.2) is 6.20 Å². The van der Waals surface area contributed by atoms with Crippen molar-refractivity contribution in [3.63, 3.8) is 0 Å². The average Bonchev–Trinajstić information content (AvgIpc) is 2.80. The van der Waals surface area contributed by atoms with Crippen LogP contribution >= 0.6 is 0 Å². The van der Waals surface area contributed by atoms with Gasteiger partial charge in [0.1, 0.15) is 5.60 Å². The maximum absolute atomic E-state index is 13.1. The Morgan fingerprint density at radius 3 is 2.42 bits per heavy atom. The van der Waals surface area contributed by atoms with Gasteiger partial charge in [-0.3, -0.25) is 0 Å². The first-order valence-electron chi connectivity index (χ1n) is 7.57. The van der Waals surface area contributed by atoms with Crippen molar-refractivity contribution < 1.29 is 27.8 Å². The lowest BCUT2D eigenvalue weighted by molar-refractivity contribution is -0.263. The molecular formula is C15H22F3N3O3. The van der Waals surface area contributed by atoms with Crippen LogP contribution in [-0.2, 0) is 16.9 Å². The van der Waals surface area contributed by atoms with Crippen LogP contribution in [0, 0.1) is 0 Å². The number of carbonyl (C=O) groups is 1. The molecule has 1 N–H and O–H groups in total. The summed E-state index contributed by atoms with van der Waals surface area (Å²) >= 11 is 0. The van der Waals surface area contributed by atoms with Crippen LogP contribution in [0.1, 0.15) is 52.2 Å². The number of halogens is 3. The number of rotatable bonds is 1. The van der Waals surface area contributed by atoms with E-state index in [1.54, 1.807) is 27.7 Å². The molecule has 0 bridgehead atoms. The molecular weight excluding hydrogens is 327 g/mol. The van der Waals surface area contributed by atoms with Gasteiger partial charge in [-0.2, -0.15) is 13.2 Å². The van der Waals surface area contributed by atoms with Gasteiger partial charge in [0.05, 0.1) is 24.5 Å². The van der Waals surface area contributed by atoms with Gasteiger partial charge in [-0.05, 0) is 34.6 Å². The molecule has 0 spiro atoms. The van der Waals surface area contributed by atoms with Gasteiger partial charge in [0.25, 0.3) is 0 Å². The number of alkyl halides is 3. The fourth-order valence-corrected chi connectivity index (χ4v) is 2.62. The summed E-state index contributed by atoms with van der Waals surface area (Å²) in [7, 11) is 0. The van der Waals surface area contributed by atoms with Gasteiger partial charge >= 0.3 is 12.3 Å². The minimum absolute atomic E-state index is 0.0696. The highest BCUT2D eigenvalue weighted by Gasteiger charge is 2.55. The van der Waals surface area contributed by atoms with Crippen molar-refractivity contribution in [2.75, 3.05) is 6.54 Å². The maximum Gasteiger partial charge on any atom is 0.424 e. The fraction of sp³-hybridized carbons (Fsp3) is 0.733. The van der Waals surface area contributed by atoms with Crippen molar-refractivity contribution in [3.05, 3.63) is 17.7 Å². The summed E-state index contributed by atoms with van der Waals surface area (Å²) in [5.41, 5.74) is -3.31. The van der Waals surface area contributed by atoms with Crippen molar-refractivity contribution in [2.24, 2.45) is 0 Å². The van der Waals surface area contributed by atoms with Crippen LogP contribution in [-0.4, -0.2) is 44.0 Å². The van der Waals surface area contributed by atoms with E-state index < -0.39 is 35.3 Å². The predicted octanol–water partition coefficient (Wildman–Crippen LogP) is 2.96. The zero-order valence-electron chi connectivity index (χ0n) is 14.3. The number of hydrogen-bond donors (Lipinski definition) is 1. The van der Waals surface area contributed by atoms with Gasteiger partial charge < -0.3 is 19.3 Å². The summed E-state index contributed by atoms with van der Waals surface area (Å²) in [5, 5.41) is 9.90. The smallest absolute Gasteiger partial charge is 0.424 e. The molecule has 2 heterocycles. The molecule has 2 atom stereocenters. The Morgan fingerprint density at radius 1 is 1.33 bits per heavy atom. The summed E-state index contributed by atoms with van der Waals surface area (Å²) < 4.78 is 45.9. The lowest BCUT2D eigenvalue weighted by Crippen LogP contribution is -2.46. The number of amides is 1. The summed E-state index contributed by atoms with van der Waals surface area (Å²) in [5.74, 6) is -0.471. The Labute approximate surface area is 138 Å². The van der Waals surface area contributed by atoms with Crippen molar-refractivity contribution >= 4 is 6.09 Å². The SMILES string of the molecule is C[C@H]1CN(C(=O)OC(C)(C)C)Cc2cnc([C@@](C)(O)C(F)(F)F)n21. The second-order valence-electron chi connectivity index (χ2n) is 7.22. The number of fused-ring (bicyclic) bond motifs is 1. The highest BCUT2D eigenvalue weighted by Crippen LogP contribution is 2.40. The maximum atomic E-state index is 13.1. The Kier molecular flexibility index (Phi) is 4.37. The molecule has 136 valence electrons. The number of nitrogens with zero attached hydrogens (tertiary/aromatic N) is 3. The molecule has 0 unspecified atom stereocenters. The zero-order valence-corrected chi connectivity index (χ0v) is 14.3. The van der Waals surface area contributed by atoms with Gasteiger partial charge in [-0.1, -0.05) is 0 Å². The lowest BCUT2D eigenvalue weighted by Gasteiger charge is -2.36. The van der Waals surface area contributed by atoms with Gasteiger partial charge in [-0.25, -0.2) is 9.78 Å². The van der Waals surface area contributed by atoms with E-state index in [0.29, 0.717) is 12.6 Å². The number of aliphatic hydroxyl groups is 1. The Bertz CT molecular complexity index is 632. The molecule has 1 aliphatic rings. The third-order valence-electron chi connectivity index (χ3n) is 3.79. The fourth-order valence-electron chi connectivity index (χ4n) is 2.62. The van der Waals surface area contributed by atoms with Crippen LogP contribution in [0.3, 0.4) is 0 Å². The number of ether oxygens (including phenoxy) is 1. The quantitative estimate of drug-likeness (QED) is 0.846. The predicted molar refractivity (Wildman–Crippen MR) is 79.2 cm³/mol. The minimum atomic E-state index is -4.85. The molecule has 1 aromatic heterocycles. The van der Waals surface area contributed by atoms with E-state index >= 15 is 0 Å². The van der Waals surface area contributed by atoms with Crippen molar-refractivity contribution in [2.45, 2.75) is 64.6 Å². The lowest BCUT2D eigenvalue weighted by atomic mass is 10.0. The van der Waals surface area contributed by atoms with Crippen LogP contribution in [0.4, 0.5) is 18.0 Å². The van der Waals surface area contributed by atoms with Crippen LogP contribution in [0.2, 0.25) is 0 Å². The van der Waals surface area contributed by atoms with Crippen molar-refractivity contribution in [3.8, 4) is 0 Å². The number of aromatic nitrogens is 2. The Morgan fingerprint density at radius 2 is 1.92 bits per heavy atom. The zero-order chi connectivity index (χ0) is 18.5. The number of carbonyl (C=O) groups excluding carboxylic acids is 1. The van der Waals surface area contributed by atoms with E-state index in [1.165, 1.54) is 15.7 Å². The van der Waals surface area contributed by atoms with E-state index in [-0.39, 0.29) is 13.1 Å². The molecule has 2 rings (SSSR count). The standard InChI is InChI=1S/C15H22F3N3O3/c1-9-7-20(12(22)24-13(2,3)4)8-10-6-19-11(21(9)10)14(5,23)15(16,17)18/h6,9,23H,7-8H2,1-5H3/t9-,14+/m0/s1. The second-order valence-corrected chi connectivity index (χ2v) is 7.22. The minimum Gasteiger partial charge on any atom is -0.444 e. The molecule has 1 aliphatic heterocycles. The molecule has 6 nitrogen and oxygen atoms in total. The van der Waals surface area contributed by atoms with Gasteiger partial charge in [-0.15, -0.1) is 0 Å². The third kappa shape index (κ3) is 3.35. The average molecular weight is 349 g/mol. The van der Waals surface area contributed by atoms with Crippen LogP contribution in [0.5, 0.6) is 0 Å². The van der Waals surface area contributed by atoms with E-state index in [0.717, 1.165) is 0 Å². The highest BCUT2D eigenvalue weighted by molar-refractivity contribution is 5.68. The largest absolute Gasteiger partial charge is 0.444 e. The molecule has 0 saturated heterocycles. The van der Waals surface area contributed by atoms with Crippen molar-refractivity contribution in [1.82, 2.24) is 14.5 Å². The van der Waals surface area contributed by atoms with E-state index in [9.17, 15) is 23.1 Å². The molecule has 0 radical (unpaired) electrons. The highest BCUT2D eigenvalue weighted by atomic mass is 19.4. The van der Waals surface area contributed by atoms with E-state index in [1.807, 2.05) is 0 Å². The van der Waals surface area contributed by atoms with E-state index in [4.69, 9.17) is 4.74 Å². The Hall–Kier alpha value is -1.77. The molecule has 0 saturated carbocycles. The molecule has 24 heavy (non-hydrogen) atoms. The summed E-state index contributed by atoms with van der Waals surface area (Å²) in [6.07, 6.45) is -4.13. The normalized spacial score (nSPS) is 21.2. The topological polar surface area (TPSA) is 67.6 Å². The molecule has 1 amide bonds. The van der Waals surface area contributed by atoms with Gasteiger partial charge in [0.15, 0.2) is 5.82 Å². The molecule has 1 aromatic rings. The van der Waals surface area contributed by atoms with Crippen molar-refractivity contribution in [1.29, 1.82) is 0 Å². The third-order valence-corrected chi connectivity index (χ3v) is 3.79. The summed E-state index contributed by atoms with van der Waals surface area (Å²) in [4.78, 5) is 17.4. The number of hydrogen-bond acceptors (Lipinski definition) is 4. The molecule has 9 heteroatoms. The molecule has 0 fully saturated rings. The first kappa shape index (κ1) is 18.6.